The van der Waals surface area contributed by atoms with Gasteiger partial charge in [-0.2, -0.15) is 13.1 Å². The first-order chi connectivity index (χ1) is 4.58. The summed E-state index contributed by atoms with van der Waals surface area (Å²) in [7, 11) is -3.50. The Kier molecular flexibility index (Phi) is 2.24. The summed E-state index contributed by atoms with van der Waals surface area (Å²) in [5.74, 6) is 0. The topological polar surface area (TPSA) is 84.2 Å². The Labute approximate surface area is 60.2 Å². The maximum Gasteiger partial charge on any atom is 0.274 e. The predicted octanol–water partition coefficient (Wildman–Crippen LogP) is -1.86. The van der Waals surface area contributed by atoms with Crippen LogP contribution in [0.2, 0.25) is 0 Å². The standard InChI is InChI=1S/C4H11N3O2S/c5-10(8,9)7-4-1-2-6-3-4/h4,6-7H,1-3H2,(H2,5,8,9). The minimum atomic E-state index is -3.50. The van der Waals surface area contributed by atoms with E-state index in [0.717, 1.165) is 13.0 Å². The SMILES string of the molecule is NS(=O)(=O)NC1CCNC1. The number of nitrogens with two attached hydrogens (primary N) is 1. The van der Waals surface area contributed by atoms with Crippen molar-refractivity contribution in [3.63, 3.8) is 0 Å². The minimum absolute atomic E-state index is 0.0185. The average Bonchev–Trinajstić information content (AvgIpc) is 2.12. The van der Waals surface area contributed by atoms with Crippen LogP contribution in [-0.4, -0.2) is 27.5 Å². The number of hydrogen-bond acceptors (Lipinski definition) is 3. The van der Waals surface area contributed by atoms with Gasteiger partial charge in [0.1, 0.15) is 0 Å². The molecule has 1 saturated heterocycles. The van der Waals surface area contributed by atoms with E-state index in [4.69, 9.17) is 5.14 Å². The van der Waals surface area contributed by atoms with Gasteiger partial charge in [0.2, 0.25) is 0 Å². The van der Waals surface area contributed by atoms with Crippen molar-refractivity contribution in [1.82, 2.24) is 10.0 Å². The van der Waals surface area contributed by atoms with Crippen LogP contribution in [0, 0.1) is 0 Å². The van der Waals surface area contributed by atoms with Crippen LogP contribution in [0.3, 0.4) is 0 Å². The molecule has 4 N–H and O–H groups in total. The Morgan fingerprint density at radius 3 is 2.70 bits per heavy atom. The second-order valence-electron chi connectivity index (χ2n) is 2.35. The van der Waals surface area contributed by atoms with E-state index in [1.165, 1.54) is 0 Å². The highest BCUT2D eigenvalue weighted by atomic mass is 32.2. The van der Waals surface area contributed by atoms with Gasteiger partial charge in [0.05, 0.1) is 0 Å². The molecule has 1 aliphatic rings. The van der Waals surface area contributed by atoms with Crippen LogP contribution in [-0.2, 0) is 10.2 Å². The molecule has 10 heavy (non-hydrogen) atoms. The fourth-order valence-corrected chi connectivity index (χ4v) is 1.65. The summed E-state index contributed by atoms with van der Waals surface area (Å²) in [6.45, 7) is 1.53. The molecule has 0 bridgehead atoms. The average molecular weight is 165 g/mol. The minimum Gasteiger partial charge on any atom is -0.315 e. The largest absolute Gasteiger partial charge is 0.315 e. The molecule has 0 aromatic carbocycles. The van der Waals surface area contributed by atoms with Gasteiger partial charge in [-0.05, 0) is 13.0 Å². The first kappa shape index (κ1) is 7.93. The Morgan fingerprint density at radius 1 is 1.60 bits per heavy atom. The van der Waals surface area contributed by atoms with Crippen molar-refractivity contribution in [3.8, 4) is 0 Å². The summed E-state index contributed by atoms with van der Waals surface area (Å²) in [6.07, 6.45) is 0.816. The summed E-state index contributed by atoms with van der Waals surface area (Å²) < 4.78 is 23.2. The molecule has 1 aliphatic heterocycles. The number of rotatable bonds is 2. The van der Waals surface area contributed by atoms with E-state index in [2.05, 4.69) is 10.0 Å². The summed E-state index contributed by atoms with van der Waals surface area (Å²) >= 11 is 0. The molecule has 0 aromatic rings. The van der Waals surface area contributed by atoms with Gasteiger partial charge in [0.15, 0.2) is 0 Å². The summed E-state index contributed by atoms with van der Waals surface area (Å²) in [5.41, 5.74) is 0. The Balaban J connectivity index is 2.38. The van der Waals surface area contributed by atoms with Crippen LogP contribution < -0.4 is 15.2 Å². The fourth-order valence-electron chi connectivity index (χ4n) is 0.988. The molecule has 1 unspecified atom stereocenters. The van der Waals surface area contributed by atoms with E-state index >= 15 is 0 Å². The van der Waals surface area contributed by atoms with Gasteiger partial charge in [-0.3, -0.25) is 0 Å². The maximum atomic E-state index is 10.4. The lowest BCUT2D eigenvalue weighted by atomic mass is 10.3. The quantitative estimate of drug-likeness (QED) is 0.448. The lowest BCUT2D eigenvalue weighted by molar-refractivity contribution is 0.562. The molecule has 5 nitrogen and oxygen atoms in total. The maximum absolute atomic E-state index is 10.4. The van der Waals surface area contributed by atoms with Gasteiger partial charge in [0, 0.05) is 12.6 Å². The van der Waals surface area contributed by atoms with Crippen LogP contribution in [0.1, 0.15) is 6.42 Å². The third-order valence-electron chi connectivity index (χ3n) is 1.39. The molecule has 1 heterocycles. The summed E-state index contributed by atoms with van der Waals surface area (Å²) in [4.78, 5) is 0. The molecule has 6 heteroatoms. The highest BCUT2D eigenvalue weighted by Crippen LogP contribution is 1.96. The predicted molar refractivity (Wildman–Crippen MR) is 37.5 cm³/mol. The number of nitrogens with one attached hydrogen (secondary N) is 2. The normalized spacial score (nSPS) is 27.1. The third kappa shape index (κ3) is 2.61. The van der Waals surface area contributed by atoms with Gasteiger partial charge in [0.25, 0.3) is 10.2 Å². The Bertz CT molecular complexity index is 195. The fraction of sp³-hybridized carbons (Fsp3) is 1.00. The lowest BCUT2D eigenvalue weighted by Gasteiger charge is -2.06. The second-order valence-corrected chi connectivity index (χ2v) is 3.68. The zero-order valence-electron chi connectivity index (χ0n) is 5.50. The van der Waals surface area contributed by atoms with Crippen molar-refractivity contribution < 1.29 is 8.42 Å². The van der Waals surface area contributed by atoms with Crippen LogP contribution in [0.15, 0.2) is 0 Å². The van der Waals surface area contributed by atoms with Crippen LogP contribution in [0.4, 0.5) is 0 Å². The van der Waals surface area contributed by atoms with Gasteiger partial charge in [-0.25, -0.2) is 5.14 Å². The highest BCUT2D eigenvalue weighted by molar-refractivity contribution is 7.87. The summed E-state index contributed by atoms with van der Waals surface area (Å²) in [5, 5.41) is 7.76. The molecule has 1 fully saturated rings. The van der Waals surface area contributed by atoms with Crippen LogP contribution in [0.5, 0.6) is 0 Å². The van der Waals surface area contributed by atoms with E-state index in [1.807, 2.05) is 0 Å². The molecule has 60 valence electrons. The first-order valence-electron chi connectivity index (χ1n) is 3.09. The van der Waals surface area contributed by atoms with Crippen molar-refractivity contribution in [3.05, 3.63) is 0 Å². The molecule has 0 amide bonds. The van der Waals surface area contributed by atoms with Crippen LogP contribution in [0.25, 0.3) is 0 Å². The number of hydrogen-bond donors (Lipinski definition) is 3. The molecule has 0 spiro atoms. The van der Waals surface area contributed by atoms with E-state index in [1.54, 1.807) is 0 Å². The first-order valence-corrected chi connectivity index (χ1v) is 4.63. The lowest BCUT2D eigenvalue weighted by Crippen LogP contribution is -2.40. The third-order valence-corrected chi connectivity index (χ3v) is 2.05. The van der Waals surface area contributed by atoms with Gasteiger partial charge < -0.3 is 5.32 Å². The molecular weight excluding hydrogens is 154 g/mol. The zero-order chi connectivity index (χ0) is 7.61. The van der Waals surface area contributed by atoms with E-state index in [0.29, 0.717) is 6.54 Å². The monoisotopic (exact) mass is 165 g/mol. The molecule has 1 atom stereocenters. The molecule has 0 radical (unpaired) electrons. The molecule has 0 aliphatic carbocycles. The van der Waals surface area contributed by atoms with Crippen molar-refractivity contribution in [2.75, 3.05) is 13.1 Å². The van der Waals surface area contributed by atoms with Gasteiger partial charge >= 0.3 is 0 Å². The molecular formula is C4H11N3O2S. The van der Waals surface area contributed by atoms with Gasteiger partial charge in [-0.1, -0.05) is 0 Å². The van der Waals surface area contributed by atoms with Crippen molar-refractivity contribution in [2.45, 2.75) is 12.5 Å². The molecule has 0 saturated carbocycles. The Morgan fingerprint density at radius 2 is 2.30 bits per heavy atom. The second kappa shape index (κ2) is 2.83. The summed E-state index contributed by atoms with van der Waals surface area (Å²) in [6, 6.07) is -0.0185. The zero-order valence-corrected chi connectivity index (χ0v) is 6.32. The highest BCUT2D eigenvalue weighted by Gasteiger charge is 2.17. The smallest absolute Gasteiger partial charge is 0.274 e. The van der Waals surface area contributed by atoms with E-state index < -0.39 is 10.2 Å². The molecule has 0 aromatic heterocycles. The van der Waals surface area contributed by atoms with Crippen molar-refractivity contribution in [1.29, 1.82) is 0 Å². The van der Waals surface area contributed by atoms with Crippen molar-refractivity contribution in [2.24, 2.45) is 5.14 Å². The van der Waals surface area contributed by atoms with E-state index in [-0.39, 0.29) is 6.04 Å². The van der Waals surface area contributed by atoms with Gasteiger partial charge in [-0.15, -0.1) is 0 Å². The Hall–Kier alpha value is -0.170. The van der Waals surface area contributed by atoms with E-state index in [9.17, 15) is 8.42 Å². The van der Waals surface area contributed by atoms with Crippen molar-refractivity contribution >= 4 is 10.2 Å². The molecule has 1 rings (SSSR count). The van der Waals surface area contributed by atoms with Crippen LogP contribution >= 0.6 is 0 Å².